The molecule has 0 aliphatic rings. The lowest BCUT2D eigenvalue weighted by molar-refractivity contribution is -0.161. The van der Waals surface area contributed by atoms with Gasteiger partial charge in [0.1, 0.15) is 19.3 Å². The van der Waals surface area contributed by atoms with Gasteiger partial charge in [-0.3, -0.25) is 37.3 Å². The van der Waals surface area contributed by atoms with Gasteiger partial charge in [-0.15, -0.1) is 0 Å². The third-order valence-electron chi connectivity index (χ3n) is 15.6. The van der Waals surface area contributed by atoms with Crippen molar-refractivity contribution in [1.82, 2.24) is 0 Å². The minimum Gasteiger partial charge on any atom is -0.462 e. The smallest absolute Gasteiger partial charge is 0.462 e. The zero-order valence-electron chi connectivity index (χ0n) is 65.3. The van der Waals surface area contributed by atoms with E-state index < -0.39 is 97.5 Å². The van der Waals surface area contributed by atoms with Crippen molar-refractivity contribution in [3.8, 4) is 0 Å². The summed E-state index contributed by atoms with van der Waals surface area (Å²) in [5.74, 6) is -2.48. The fourth-order valence-corrected chi connectivity index (χ4v) is 11.3. The van der Waals surface area contributed by atoms with E-state index in [9.17, 15) is 43.2 Å². The normalized spacial score (nSPS) is 14.9. The molecule has 0 rings (SSSR count). The van der Waals surface area contributed by atoms with E-state index in [2.05, 4.69) is 180 Å². The second-order valence-electron chi connectivity index (χ2n) is 25.5. The third-order valence-corrected chi connectivity index (χ3v) is 17.5. The van der Waals surface area contributed by atoms with Crippen LogP contribution in [0.4, 0.5) is 0 Å². The van der Waals surface area contributed by atoms with Crippen LogP contribution in [0.15, 0.2) is 194 Å². The first-order valence-corrected chi connectivity index (χ1v) is 42.7. The Balaban J connectivity index is 5.52. The largest absolute Gasteiger partial charge is 0.472 e. The van der Waals surface area contributed by atoms with Gasteiger partial charge in [0.15, 0.2) is 12.2 Å². The summed E-state index contributed by atoms with van der Waals surface area (Å²) in [5.41, 5.74) is 0. The van der Waals surface area contributed by atoms with E-state index in [0.29, 0.717) is 32.1 Å². The van der Waals surface area contributed by atoms with Crippen molar-refractivity contribution in [2.75, 3.05) is 39.6 Å². The van der Waals surface area contributed by atoms with E-state index in [1.807, 2.05) is 30.4 Å². The Morgan fingerprint density at radius 2 is 0.547 bits per heavy atom. The highest BCUT2D eigenvalue weighted by molar-refractivity contribution is 7.47. The molecule has 17 nitrogen and oxygen atoms in total. The molecule has 0 saturated heterocycles. The number of aliphatic hydroxyl groups excluding tert-OH is 1. The minimum absolute atomic E-state index is 0.00872. The van der Waals surface area contributed by atoms with Gasteiger partial charge in [-0.1, -0.05) is 306 Å². The van der Waals surface area contributed by atoms with E-state index >= 15 is 0 Å². The molecule has 598 valence electrons. The summed E-state index contributed by atoms with van der Waals surface area (Å²) in [6, 6.07) is 0. The van der Waals surface area contributed by atoms with Crippen LogP contribution in [-0.4, -0.2) is 96.7 Å². The molecule has 0 bridgehead atoms. The molecule has 0 aromatic rings. The van der Waals surface area contributed by atoms with Gasteiger partial charge >= 0.3 is 39.5 Å². The predicted octanol–water partition coefficient (Wildman–Crippen LogP) is 23.3. The SMILES string of the molecule is CC/C=C\C/C=C\C/C=C\C/C=C\C/C=C\C/C=C\CCC(=O)OCC(COP(=O)(O)OCC(O)COP(=O)(O)OCC(COC(=O)CCCCC/C=C\C/C=C\C/C=C\C/C=C\C/C=C\CC)OC(=O)CCCCCCCCCCCCCCC)OC(=O)C/C=C\C/C=C\C/C=C\C/C=C\C/C=C\CC. The molecule has 0 aromatic heterocycles. The van der Waals surface area contributed by atoms with Gasteiger partial charge in [0.05, 0.1) is 32.8 Å². The second-order valence-corrected chi connectivity index (χ2v) is 28.4. The maximum absolute atomic E-state index is 13.1. The van der Waals surface area contributed by atoms with Crippen LogP contribution in [-0.2, 0) is 65.4 Å². The van der Waals surface area contributed by atoms with Gasteiger partial charge in [0.2, 0.25) is 0 Å². The first-order chi connectivity index (χ1) is 51.7. The summed E-state index contributed by atoms with van der Waals surface area (Å²) in [5, 5.41) is 10.6. The molecule has 106 heavy (non-hydrogen) atoms. The Morgan fingerprint density at radius 3 is 0.896 bits per heavy atom. The molecule has 0 radical (unpaired) electrons. The summed E-state index contributed by atoms with van der Waals surface area (Å²) in [6.45, 7) is 4.27. The van der Waals surface area contributed by atoms with E-state index in [1.165, 1.54) is 51.4 Å². The number of carbonyl (C=O) groups is 4. The molecule has 5 atom stereocenters. The Morgan fingerprint density at radius 1 is 0.283 bits per heavy atom. The zero-order chi connectivity index (χ0) is 77.4. The lowest BCUT2D eigenvalue weighted by atomic mass is 10.0. The number of esters is 4. The molecule has 0 spiro atoms. The molecule has 19 heteroatoms. The number of hydrogen-bond acceptors (Lipinski definition) is 15. The Labute approximate surface area is 640 Å². The van der Waals surface area contributed by atoms with Crippen LogP contribution >= 0.6 is 15.6 Å². The van der Waals surface area contributed by atoms with Crippen LogP contribution in [0.5, 0.6) is 0 Å². The average molecular weight is 1520 g/mol. The number of phosphoric acid groups is 2. The average Bonchev–Trinajstić information content (AvgIpc) is 0.933. The van der Waals surface area contributed by atoms with Crippen LogP contribution in [0.1, 0.15) is 272 Å². The first kappa shape index (κ1) is 99.9. The number of ether oxygens (including phenoxy) is 4. The van der Waals surface area contributed by atoms with Crippen LogP contribution in [0.25, 0.3) is 0 Å². The van der Waals surface area contributed by atoms with E-state index in [-0.39, 0.29) is 25.7 Å². The number of allylic oxidation sites excluding steroid dienone is 31. The maximum Gasteiger partial charge on any atom is 0.472 e. The fourth-order valence-electron chi connectivity index (χ4n) is 9.70. The van der Waals surface area contributed by atoms with Crippen LogP contribution in [0, 0.1) is 0 Å². The molecule has 0 amide bonds. The van der Waals surface area contributed by atoms with E-state index in [4.69, 9.17) is 37.0 Å². The summed E-state index contributed by atoms with van der Waals surface area (Å²) < 4.78 is 68.3. The summed E-state index contributed by atoms with van der Waals surface area (Å²) in [6.07, 6.45) is 94.6. The molecular weight excluding hydrogens is 1380 g/mol. The first-order valence-electron chi connectivity index (χ1n) is 39.7. The van der Waals surface area contributed by atoms with Gasteiger partial charge in [0.25, 0.3) is 0 Å². The fraction of sp³-hybridized carbons (Fsp3) is 0.586. The highest BCUT2D eigenvalue weighted by atomic mass is 31.2. The molecule has 0 saturated carbocycles. The van der Waals surface area contributed by atoms with Crippen LogP contribution in [0.3, 0.4) is 0 Å². The van der Waals surface area contributed by atoms with Crippen molar-refractivity contribution in [1.29, 1.82) is 0 Å². The quantitative estimate of drug-likeness (QED) is 0.0169. The summed E-state index contributed by atoms with van der Waals surface area (Å²) >= 11 is 0. The van der Waals surface area contributed by atoms with Crippen LogP contribution < -0.4 is 0 Å². The maximum atomic E-state index is 13.1. The molecule has 5 unspecified atom stereocenters. The second kappa shape index (κ2) is 77.1. The van der Waals surface area contributed by atoms with Crippen molar-refractivity contribution in [2.45, 2.75) is 290 Å². The standard InChI is InChI=1S/C87H138O17P2/c1-5-9-13-17-21-25-29-33-36-38-40-42-45-48-51-55-59-63-67-71-84(89)97-77-82(103-86(91)73-69-65-61-57-53-47-32-28-24-20-16-12-8-4)79-101-105(93,94)99-75-81(88)76-100-106(95,96)102-80-83(104-87(92)74-70-66-62-58-54-50-44-35-31-27-23-19-15-11-7-3)78-98-85(90)72-68-64-60-56-52-49-46-43-41-39-37-34-30-26-22-18-14-10-6-2/h9-11,13-15,21-23,25-27,33-37,40-44,48-49,51-52,54,58,60,64,66,70,81-83,88H,5-8,12,16-20,24,28-32,38-39,45-47,50,53,55-57,59,61-63,65,67-69,71-80H2,1-4H3,(H,93,94)(H,95,96)/b13-9-,14-10-,15-11-,25-21-,26-22-,27-23-,36-33-,37-34-,42-40-,43-41-,44-35-,51-48-,52-49-,58-54-,64-60-,70-66-. The van der Waals surface area contributed by atoms with Gasteiger partial charge in [-0.2, -0.15) is 0 Å². The van der Waals surface area contributed by atoms with Crippen molar-refractivity contribution in [3.63, 3.8) is 0 Å². The molecule has 0 aliphatic heterocycles. The van der Waals surface area contributed by atoms with Crippen LogP contribution in [0.2, 0.25) is 0 Å². The molecule has 0 heterocycles. The number of unbranched alkanes of at least 4 members (excludes halogenated alkanes) is 15. The highest BCUT2D eigenvalue weighted by Crippen LogP contribution is 2.45. The molecule has 0 aliphatic carbocycles. The number of carbonyl (C=O) groups excluding carboxylic acids is 4. The number of phosphoric ester groups is 2. The molecule has 0 fully saturated rings. The minimum atomic E-state index is -5.03. The molecular formula is C87H138O17P2. The van der Waals surface area contributed by atoms with Gasteiger partial charge in [-0.05, 0) is 135 Å². The lowest BCUT2D eigenvalue weighted by Gasteiger charge is -2.21. The molecule has 0 aromatic carbocycles. The van der Waals surface area contributed by atoms with Gasteiger partial charge < -0.3 is 33.8 Å². The monoisotopic (exact) mass is 1520 g/mol. The van der Waals surface area contributed by atoms with Crippen molar-refractivity contribution < 1.29 is 80.2 Å². The highest BCUT2D eigenvalue weighted by Gasteiger charge is 2.30. The predicted molar refractivity (Wildman–Crippen MR) is 436 cm³/mol. The Hall–Kier alpha value is -6.10. The summed E-state index contributed by atoms with van der Waals surface area (Å²) in [7, 11) is -10.0. The van der Waals surface area contributed by atoms with Crippen molar-refractivity contribution in [3.05, 3.63) is 194 Å². The topological polar surface area (TPSA) is 237 Å². The van der Waals surface area contributed by atoms with Gasteiger partial charge in [0, 0.05) is 19.3 Å². The number of rotatable bonds is 72. The summed E-state index contributed by atoms with van der Waals surface area (Å²) in [4.78, 5) is 72.9. The zero-order valence-corrected chi connectivity index (χ0v) is 67.1. The van der Waals surface area contributed by atoms with E-state index in [1.54, 1.807) is 12.2 Å². The van der Waals surface area contributed by atoms with Crippen molar-refractivity contribution in [2.24, 2.45) is 0 Å². The van der Waals surface area contributed by atoms with Crippen molar-refractivity contribution >= 4 is 39.5 Å². The molecule has 3 N–H and O–H groups in total. The van der Waals surface area contributed by atoms with Gasteiger partial charge in [-0.25, -0.2) is 9.13 Å². The van der Waals surface area contributed by atoms with E-state index in [0.717, 1.165) is 135 Å². The lowest BCUT2D eigenvalue weighted by Crippen LogP contribution is -2.30. The third kappa shape index (κ3) is 76.1. The Kier molecular flexibility index (Phi) is 72.6. The number of aliphatic hydroxyl groups is 1. The Bertz CT molecular complexity index is 2780. The number of hydrogen-bond donors (Lipinski definition) is 3.